The van der Waals surface area contributed by atoms with Gasteiger partial charge < -0.3 is 4.28 Å². The van der Waals surface area contributed by atoms with Gasteiger partial charge in [0.1, 0.15) is 6.61 Å². The molecule has 0 aromatic heterocycles. The van der Waals surface area contributed by atoms with Crippen LogP contribution in [0.25, 0.3) is 11.0 Å². The number of hydrogen-bond acceptors (Lipinski definition) is 6. The third kappa shape index (κ3) is 4.52. The molecule has 0 fully saturated rings. The van der Waals surface area contributed by atoms with Crippen LogP contribution < -0.4 is 10.9 Å². The van der Waals surface area contributed by atoms with Gasteiger partial charge in [-0.05, 0) is 5.56 Å². The summed E-state index contributed by atoms with van der Waals surface area (Å²) in [4.78, 5) is 33.0. The fourth-order valence-electron chi connectivity index (χ4n) is 5.86. The van der Waals surface area contributed by atoms with Gasteiger partial charge in [0.15, 0.2) is 0 Å². The normalized spacial score (nSPS) is 15.0. The number of rotatable bonds is 7. The minimum absolute atomic E-state index is 0.0498. The molecule has 10 nitrogen and oxygen atoms in total. The summed E-state index contributed by atoms with van der Waals surface area (Å²) < 4.78 is 3.26. The predicted octanol–water partition coefficient (Wildman–Crippen LogP) is 5.21. The minimum Gasteiger partial charge on any atom is -0.662 e. The second kappa shape index (κ2) is 10.5. The van der Waals surface area contributed by atoms with Crippen LogP contribution in [0.2, 0.25) is 0 Å². The van der Waals surface area contributed by atoms with Gasteiger partial charge in [-0.1, -0.05) is 77.9 Å². The van der Waals surface area contributed by atoms with Gasteiger partial charge in [-0.25, -0.2) is 0 Å². The Morgan fingerprint density at radius 2 is 1.02 bits per heavy atom. The summed E-state index contributed by atoms with van der Waals surface area (Å²) in [7, 11) is 1.88. The highest BCUT2D eigenvalue weighted by Gasteiger charge is 2.49. The van der Waals surface area contributed by atoms with Crippen LogP contribution in [0.3, 0.4) is 0 Å². The first-order chi connectivity index (χ1) is 19.2. The number of nitrogens with zero attached hydrogens (tertiary/aromatic N) is 3. The third-order valence-corrected chi connectivity index (χ3v) is 7.67. The van der Waals surface area contributed by atoms with E-state index in [4.69, 9.17) is 0 Å². The second-order valence-corrected chi connectivity index (χ2v) is 9.69. The molecule has 1 aliphatic heterocycles. The highest BCUT2D eigenvalue weighted by molar-refractivity contribution is 7.12. The summed E-state index contributed by atoms with van der Waals surface area (Å²) in [6, 6.07) is 28.8. The monoisotopic (exact) mass is 537 g/mol. The summed E-state index contributed by atoms with van der Waals surface area (Å²) in [5.41, 5.74) is 4.89. The molecule has 0 atom stereocenters. The third-order valence-electron chi connectivity index (χ3n) is 7.67. The first-order valence-electron chi connectivity index (χ1n) is 12.5. The van der Waals surface area contributed by atoms with Crippen LogP contribution in [0.1, 0.15) is 17.5 Å². The largest absolute Gasteiger partial charge is 0.662 e. The van der Waals surface area contributed by atoms with Gasteiger partial charge in [-0.3, -0.25) is 30.3 Å². The molecule has 0 radical (unpaired) electrons. The summed E-state index contributed by atoms with van der Waals surface area (Å²) >= 11 is 0. The molecule has 0 N–H and O–H groups in total. The molecule has 11 heteroatoms. The van der Waals surface area contributed by atoms with Crippen LogP contribution in [0.4, 0.5) is 17.1 Å². The number of nitro benzene ring substituents is 3. The van der Waals surface area contributed by atoms with Crippen LogP contribution in [0.15, 0.2) is 103 Å². The van der Waals surface area contributed by atoms with Gasteiger partial charge >= 0.3 is 6.35 Å². The average Bonchev–Trinajstić information content (AvgIpc) is 2.97. The summed E-state index contributed by atoms with van der Waals surface area (Å²) in [5.74, 6) is 0. The van der Waals surface area contributed by atoms with Crippen molar-refractivity contribution >= 4 is 45.4 Å². The zero-order valence-electron chi connectivity index (χ0n) is 21.5. The van der Waals surface area contributed by atoms with E-state index in [0.29, 0.717) is 13.0 Å². The Morgan fingerprint density at radius 3 is 1.45 bits per heavy atom. The van der Waals surface area contributed by atoms with Crippen molar-refractivity contribution in [1.29, 1.82) is 0 Å². The Labute approximate surface area is 229 Å². The van der Waals surface area contributed by atoms with Crippen LogP contribution in [0.5, 0.6) is 0 Å². The van der Waals surface area contributed by atoms with E-state index >= 15 is 0 Å². The van der Waals surface area contributed by atoms with Crippen LogP contribution in [0, 0.1) is 30.3 Å². The summed E-state index contributed by atoms with van der Waals surface area (Å²) in [6.07, 6.45) is -1.46. The van der Waals surface area contributed by atoms with Gasteiger partial charge in [0, 0.05) is 42.8 Å². The van der Waals surface area contributed by atoms with E-state index in [1.165, 1.54) is 36.4 Å². The van der Waals surface area contributed by atoms with Crippen LogP contribution >= 0.6 is 0 Å². The SMILES string of the molecule is C[O+]1CCC(c2ccccc2)=C(c2ccc([N+](=O)[O-])cc2)[B-]1(c1ccc([N+](=O)[O-])cc1)c1ccc([N+](=O)[O-])cc1. The molecule has 0 aliphatic carbocycles. The van der Waals surface area contributed by atoms with Crippen LogP contribution in [-0.4, -0.2) is 34.8 Å². The lowest BCUT2D eigenvalue weighted by Crippen LogP contribution is -2.68. The molecule has 0 unspecified atom stereocenters. The standard InChI is InChI=1S/C29H24BN3O7/c1-40-20-19-28(21-5-3-2-4-6-21)29(22-7-13-25(14-8-22)31(34)35)30(40,23-9-15-26(16-10-23)32(36)37)24-11-17-27(18-12-24)33(38)39/h2-18H,19-20H2,1H3. The van der Waals surface area contributed by atoms with E-state index < -0.39 is 21.1 Å². The smallest absolute Gasteiger partial charge is 0.377 e. The van der Waals surface area contributed by atoms with E-state index in [9.17, 15) is 30.3 Å². The molecule has 4 aromatic rings. The summed E-state index contributed by atoms with van der Waals surface area (Å²) in [6.45, 7) is 0.550. The lowest BCUT2D eigenvalue weighted by Gasteiger charge is -2.52. The fraction of sp³-hybridized carbons (Fsp3) is 0.103. The van der Waals surface area contributed by atoms with Crippen LogP contribution in [-0.2, 0) is 4.28 Å². The van der Waals surface area contributed by atoms with Crippen molar-refractivity contribution < 1.29 is 19.1 Å². The zero-order valence-corrected chi connectivity index (χ0v) is 21.5. The fourth-order valence-corrected chi connectivity index (χ4v) is 5.86. The maximum Gasteiger partial charge on any atom is 0.377 e. The molecule has 0 saturated carbocycles. The van der Waals surface area contributed by atoms with Gasteiger partial charge in [0.2, 0.25) is 0 Å². The van der Waals surface area contributed by atoms with Gasteiger partial charge in [-0.2, -0.15) is 0 Å². The van der Waals surface area contributed by atoms with Crippen molar-refractivity contribution in [3.8, 4) is 0 Å². The first kappa shape index (κ1) is 26.5. The van der Waals surface area contributed by atoms with Crippen molar-refractivity contribution in [2.45, 2.75) is 6.42 Å². The minimum atomic E-state index is -2.10. The van der Waals surface area contributed by atoms with Crippen molar-refractivity contribution in [3.05, 3.63) is 145 Å². The highest BCUT2D eigenvalue weighted by Crippen LogP contribution is 2.43. The van der Waals surface area contributed by atoms with E-state index in [0.717, 1.165) is 33.1 Å². The summed E-state index contributed by atoms with van der Waals surface area (Å²) in [5, 5.41) is 34.4. The zero-order chi connectivity index (χ0) is 28.4. The van der Waals surface area contributed by atoms with Crippen molar-refractivity contribution in [2.75, 3.05) is 13.7 Å². The Hall–Kier alpha value is -5.16. The Kier molecular flexibility index (Phi) is 6.97. The van der Waals surface area contributed by atoms with Gasteiger partial charge in [0.05, 0.1) is 21.9 Å². The van der Waals surface area contributed by atoms with Gasteiger partial charge in [-0.15, -0.1) is 16.4 Å². The molecule has 4 aromatic carbocycles. The van der Waals surface area contributed by atoms with E-state index in [2.05, 4.69) is 4.28 Å². The number of benzene rings is 4. The maximum absolute atomic E-state index is 11.5. The molecule has 200 valence electrons. The molecule has 0 amide bonds. The Morgan fingerprint density at radius 1 is 0.600 bits per heavy atom. The molecular weight excluding hydrogens is 513 g/mol. The molecule has 1 aliphatic rings. The average molecular weight is 537 g/mol. The second-order valence-electron chi connectivity index (χ2n) is 9.69. The number of nitro groups is 3. The molecule has 40 heavy (non-hydrogen) atoms. The molecule has 1 heterocycles. The lowest BCUT2D eigenvalue weighted by atomic mass is 9.25. The number of non-ortho nitro benzene ring substituents is 3. The predicted molar refractivity (Wildman–Crippen MR) is 154 cm³/mol. The number of hydrogen-bond donors (Lipinski definition) is 0. The topological polar surface area (TPSA) is 132 Å². The lowest BCUT2D eigenvalue weighted by molar-refractivity contribution is -0.385. The molecule has 0 bridgehead atoms. The van der Waals surface area contributed by atoms with Crippen molar-refractivity contribution in [2.24, 2.45) is 0 Å². The van der Waals surface area contributed by atoms with E-state index in [-0.39, 0.29) is 17.1 Å². The van der Waals surface area contributed by atoms with E-state index in [1.807, 2.05) is 37.4 Å². The maximum atomic E-state index is 11.5. The molecule has 0 saturated heterocycles. The molecule has 5 rings (SSSR count). The Bertz CT molecular complexity index is 1560. The van der Waals surface area contributed by atoms with E-state index in [1.54, 1.807) is 36.4 Å². The highest BCUT2D eigenvalue weighted by atomic mass is 16.6. The molecule has 0 spiro atoms. The first-order valence-corrected chi connectivity index (χ1v) is 12.5. The van der Waals surface area contributed by atoms with Gasteiger partial charge in [0.25, 0.3) is 17.1 Å². The Balaban J connectivity index is 1.89. The quantitative estimate of drug-likeness (QED) is 0.138. The van der Waals surface area contributed by atoms with Crippen molar-refractivity contribution in [1.82, 2.24) is 0 Å². The van der Waals surface area contributed by atoms with Crippen molar-refractivity contribution in [3.63, 3.8) is 0 Å². The molecular formula is C29H24BN3O7.